The smallest absolute Gasteiger partial charge is 0.429 e. The SMILES string of the molecule is FC(F)=CCCc1ccc(-c2ccc(-c3cc(F)c(C(F)(F)Oc4cc(F)c(F)c(F)c4)c(F)c3)c(F)c2)cc1. The van der Waals surface area contributed by atoms with Crippen molar-refractivity contribution in [1.82, 2.24) is 0 Å². The third-order valence-corrected chi connectivity index (χ3v) is 5.84. The lowest BCUT2D eigenvalue weighted by molar-refractivity contribution is -0.189. The molecule has 0 radical (unpaired) electrons. The Morgan fingerprint density at radius 1 is 0.650 bits per heavy atom. The van der Waals surface area contributed by atoms with Crippen molar-refractivity contribution >= 4 is 0 Å². The minimum absolute atomic E-state index is 0.0756. The van der Waals surface area contributed by atoms with Crippen LogP contribution in [0.5, 0.6) is 5.75 Å². The fraction of sp³-hybridized carbons (Fsp3) is 0.103. The number of halogens is 10. The molecule has 11 heteroatoms. The largest absolute Gasteiger partial charge is 0.432 e. The van der Waals surface area contributed by atoms with Gasteiger partial charge in [-0.3, -0.25) is 0 Å². The summed E-state index contributed by atoms with van der Waals surface area (Å²) < 4.78 is 142. The number of ether oxygens (including phenoxy) is 1. The minimum Gasteiger partial charge on any atom is -0.429 e. The molecule has 0 saturated carbocycles. The van der Waals surface area contributed by atoms with Crippen molar-refractivity contribution in [2.24, 2.45) is 0 Å². The quantitative estimate of drug-likeness (QED) is 0.151. The maximum atomic E-state index is 14.9. The molecule has 208 valence electrons. The summed E-state index contributed by atoms with van der Waals surface area (Å²) in [4.78, 5) is 0. The van der Waals surface area contributed by atoms with E-state index in [0.29, 0.717) is 29.7 Å². The molecule has 0 aliphatic rings. The predicted octanol–water partition coefficient (Wildman–Crippen LogP) is 9.70. The molecule has 4 rings (SSSR count). The molecule has 0 unspecified atom stereocenters. The average Bonchev–Trinajstić information content (AvgIpc) is 2.86. The third kappa shape index (κ3) is 6.30. The molecule has 4 aromatic carbocycles. The first-order chi connectivity index (χ1) is 18.9. The molecule has 1 nitrogen and oxygen atoms in total. The molecule has 0 fully saturated rings. The lowest BCUT2D eigenvalue weighted by Gasteiger charge is -2.20. The van der Waals surface area contributed by atoms with Gasteiger partial charge in [-0.2, -0.15) is 17.6 Å². The highest BCUT2D eigenvalue weighted by atomic mass is 19.3. The van der Waals surface area contributed by atoms with E-state index in [9.17, 15) is 43.9 Å². The van der Waals surface area contributed by atoms with E-state index in [1.54, 1.807) is 24.3 Å². The second-order valence-corrected chi connectivity index (χ2v) is 8.56. The Labute approximate surface area is 221 Å². The summed E-state index contributed by atoms with van der Waals surface area (Å²) in [6.07, 6.45) is -5.27. The molecule has 4 aromatic rings. The monoisotopic (exact) mass is 570 g/mol. The Morgan fingerprint density at radius 3 is 1.75 bits per heavy atom. The van der Waals surface area contributed by atoms with E-state index in [-0.39, 0.29) is 24.1 Å². The van der Waals surface area contributed by atoms with Gasteiger partial charge in [0.25, 0.3) is 6.08 Å². The Balaban J connectivity index is 1.58. The van der Waals surface area contributed by atoms with E-state index >= 15 is 0 Å². The van der Waals surface area contributed by atoms with Gasteiger partial charge in [-0.05, 0) is 59.4 Å². The molecule has 0 N–H and O–H groups in total. The van der Waals surface area contributed by atoms with Crippen molar-refractivity contribution in [1.29, 1.82) is 0 Å². The van der Waals surface area contributed by atoms with E-state index in [1.807, 2.05) is 0 Å². The molecule has 0 atom stereocenters. The minimum atomic E-state index is -4.78. The van der Waals surface area contributed by atoms with Gasteiger partial charge in [0, 0.05) is 17.7 Å². The zero-order valence-corrected chi connectivity index (χ0v) is 20.0. The van der Waals surface area contributed by atoms with Crippen LogP contribution < -0.4 is 4.74 Å². The first-order valence-electron chi connectivity index (χ1n) is 11.5. The van der Waals surface area contributed by atoms with Crippen LogP contribution in [0.3, 0.4) is 0 Å². The summed E-state index contributed by atoms with van der Waals surface area (Å²) in [6, 6.07) is 11.3. The van der Waals surface area contributed by atoms with Crippen LogP contribution in [0.4, 0.5) is 43.9 Å². The van der Waals surface area contributed by atoms with Gasteiger partial charge in [0.05, 0.1) is 0 Å². The molecule has 0 aliphatic carbocycles. The standard InChI is InChI=1S/C29H16F10O/c30-21-10-17(16-6-4-15(5-7-16)2-1-3-26(35)36)8-9-20(21)18-11-22(31)27(23(32)12-18)29(38,39)40-19-13-24(33)28(37)25(34)14-19/h3-14H,1-2H2. The Bertz CT molecular complexity index is 1530. The molecule has 0 aromatic heterocycles. The first-order valence-corrected chi connectivity index (χ1v) is 11.5. The third-order valence-electron chi connectivity index (χ3n) is 5.84. The highest BCUT2D eigenvalue weighted by Crippen LogP contribution is 2.38. The van der Waals surface area contributed by atoms with Crippen molar-refractivity contribution in [3.63, 3.8) is 0 Å². The van der Waals surface area contributed by atoms with Gasteiger partial charge in [0.15, 0.2) is 17.5 Å². The number of rotatable bonds is 8. The fourth-order valence-electron chi connectivity index (χ4n) is 3.94. The number of benzene rings is 4. The van der Waals surface area contributed by atoms with Crippen LogP contribution in [0.25, 0.3) is 22.3 Å². The van der Waals surface area contributed by atoms with Crippen molar-refractivity contribution < 1.29 is 48.6 Å². The number of aryl methyl sites for hydroxylation is 1. The maximum Gasteiger partial charge on any atom is 0.432 e. The van der Waals surface area contributed by atoms with Crippen LogP contribution in [0.1, 0.15) is 17.5 Å². The Hall–Kier alpha value is -4.28. The molecule has 40 heavy (non-hydrogen) atoms. The number of hydrogen-bond donors (Lipinski definition) is 0. The summed E-state index contributed by atoms with van der Waals surface area (Å²) >= 11 is 0. The van der Waals surface area contributed by atoms with Gasteiger partial charge < -0.3 is 4.74 Å². The van der Waals surface area contributed by atoms with Crippen molar-refractivity contribution in [3.8, 4) is 28.0 Å². The van der Waals surface area contributed by atoms with E-state index < -0.39 is 64.0 Å². The lowest BCUT2D eigenvalue weighted by atomic mass is 9.97. The predicted molar refractivity (Wildman–Crippen MR) is 127 cm³/mol. The lowest BCUT2D eigenvalue weighted by Crippen LogP contribution is -2.25. The molecule has 0 aliphatic heterocycles. The van der Waals surface area contributed by atoms with Crippen LogP contribution in [0.15, 0.2) is 78.9 Å². The average molecular weight is 570 g/mol. The van der Waals surface area contributed by atoms with Crippen molar-refractivity contribution in [2.45, 2.75) is 19.0 Å². The van der Waals surface area contributed by atoms with Gasteiger partial charge in [0.2, 0.25) is 0 Å². The first kappa shape index (κ1) is 28.7. The van der Waals surface area contributed by atoms with Gasteiger partial charge in [-0.1, -0.05) is 36.4 Å². The number of allylic oxidation sites excluding steroid dienone is 1. The van der Waals surface area contributed by atoms with Crippen LogP contribution >= 0.6 is 0 Å². The van der Waals surface area contributed by atoms with E-state index in [4.69, 9.17) is 0 Å². The van der Waals surface area contributed by atoms with E-state index in [1.165, 1.54) is 12.1 Å². The van der Waals surface area contributed by atoms with Crippen molar-refractivity contribution in [2.75, 3.05) is 0 Å². The highest BCUT2D eigenvalue weighted by molar-refractivity contribution is 5.71. The van der Waals surface area contributed by atoms with Crippen LogP contribution in [0, 0.1) is 34.9 Å². The molecule has 0 heterocycles. The molecule has 0 saturated heterocycles. The van der Waals surface area contributed by atoms with Gasteiger partial charge in [-0.25, -0.2) is 26.3 Å². The van der Waals surface area contributed by atoms with Gasteiger partial charge >= 0.3 is 6.11 Å². The molecule has 0 spiro atoms. The summed E-state index contributed by atoms with van der Waals surface area (Å²) in [7, 11) is 0. The second kappa shape index (κ2) is 11.4. The van der Waals surface area contributed by atoms with E-state index in [0.717, 1.165) is 17.7 Å². The van der Waals surface area contributed by atoms with Gasteiger partial charge in [-0.15, -0.1) is 0 Å². The summed E-state index contributed by atoms with van der Waals surface area (Å²) in [6.45, 7) is 0. The number of hydrogen-bond acceptors (Lipinski definition) is 1. The van der Waals surface area contributed by atoms with Crippen LogP contribution in [0.2, 0.25) is 0 Å². The summed E-state index contributed by atoms with van der Waals surface area (Å²) in [5, 5.41) is 0. The molecular weight excluding hydrogens is 554 g/mol. The number of alkyl halides is 2. The normalized spacial score (nSPS) is 11.4. The molecule has 0 amide bonds. The van der Waals surface area contributed by atoms with Crippen LogP contribution in [-0.4, -0.2) is 0 Å². The zero-order chi connectivity index (χ0) is 29.2. The van der Waals surface area contributed by atoms with Crippen LogP contribution in [-0.2, 0) is 12.5 Å². The topological polar surface area (TPSA) is 9.23 Å². The maximum absolute atomic E-state index is 14.9. The Kier molecular flexibility index (Phi) is 8.22. The zero-order valence-electron chi connectivity index (χ0n) is 20.0. The van der Waals surface area contributed by atoms with Gasteiger partial charge in [0.1, 0.15) is 28.8 Å². The van der Waals surface area contributed by atoms with E-state index in [2.05, 4.69) is 4.74 Å². The molecular formula is C29H16F10O. The fourth-order valence-corrected chi connectivity index (χ4v) is 3.94. The highest BCUT2D eigenvalue weighted by Gasteiger charge is 2.41. The second-order valence-electron chi connectivity index (χ2n) is 8.56. The summed E-state index contributed by atoms with van der Waals surface area (Å²) in [5.74, 6) is -11.5. The van der Waals surface area contributed by atoms with Crippen molar-refractivity contribution in [3.05, 3.63) is 125 Å². The Morgan fingerprint density at radius 2 is 1.20 bits per heavy atom. The molecule has 0 bridgehead atoms. The summed E-state index contributed by atoms with van der Waals surface area (Å²) in [5.41, 5.74) is -0.973.